The Morgan fingerprint density at radius 2 is 1.77 bits per heavy atom. The summed E-state index contributed by atoms with van der Waals surface area (Å²) in [5.74, 6) is 1.04. The lowest BCUT2D eigenvalue weighted by Gasteiger charge is -2.28. The number of aromatic nitrogens is 1. The molecule has 112 valence electrons. The summed E-state index contributed by atoms with van der Waals surface area (Å²) in [7, 11) is 0. The normalized spacial score (nSPS) is 15.4. The Hall–Kier alpha value is -2.29. The Morgan fingerprint density at radius 3 is 2.59 bits per heavy atom. The van der Waals surface area contributed by atoms with Crippen LogP contribution in [0, 0.1) is 0 Å². The number of rotatable bonds is 3. The predicted octanol–water partition coefficient (Wildman–Crippen LogP) is 4.41. The zero-order valence-corrected chi connectivity index (χ0v) is 12.7. The number of anilines is 1. The van der Waals surface area contributed by atoms with Crippen LogP contribution in [0.5, 0.6) is 0 Å². The number of furan rings is 1. The lowest BCUT2D eigenvalue weighted by Crippen LogP contribution is -2.29. The molecule has 0 N–H and O–H groups in total. The quantitative estimate of drug-likeness (QED) is 0.716. The monoisotopic (exact) mass is 292 g/mol. The Labute approximate surface area is 130 Å². The molecule has 22 heavy (non-hydrogen) atoms. The number of pyridine rings is 1. The second-order valence-electron chi connectivity index (χ2n) is 5.92. The highest BCUT2D eigenvalue weighted by Gasteiger charge is 2.21. The first-order chi connectivity index (χ1) is 10.9. The third kappa shape index (κ3) is 2.47. The number of para-hydroxylation sites is 1. The van der Waals surface area contributed by atoms with Crippen molar-refractivity contribution in [3.05, 3.63) is 60.1 Å². The molecule has 3 aromatic rings. The summed E-state index contributed by atoms with van der Waals surface area (Å²) >= 11 is 0. The van der Waals surface area contributed by atoms with E-state index in [2.05, 4.69) is 34.1 Å². The molecule has 1 fully saturated rings. The molecule has 4 rings (SSSR count). The van der Waals surface area contributed by atoms with Gasteiger partial charge in [-0.15, -0.1) is 0 Å². The van der Waals surface area contributed by atoms with Crippen molar-refractivity contribution in [1.82, 2.24) is 4.98 Å². The number of benzene rings is 1. The van der Waals surface area contributed by atoms with Gasteiger partial charge in [0.15, 0.2) is 0 Å². The smallest absolute Gasteiger partial charge is 0.136 e. The Bertz CT molecular complexity index is 757. The van der Waals surface area contributed by atoms with Crippen LogP contribution >= 0.6 is 0 Å². The van der Waals surface area contributed by atoms with Crippen LogP contribution in [0.1, 0.15) is 30.7 Å². The maximum absolute atomic E-state index is 6.17. The van der Waals surface area contributed by atoms with Gasteiger partial charge in [0.05, 0.1) is 12.1 Å². The Balaban J connectivity index is 1.79. The minimum Gasteiger partial charge on any atom is -0.458 e. The van der Waals surface area contributed by atoms with Gasteiger partial charge in [-0.25, -0.2) is 0 Å². The van der Waals surface area contributed by atoms with Gasteiger partial charge < -0.3 is 9.32 Å². The minimum atomic E-state index is 0.751. The maximum atomic E-state index is 6.17. The molecule has 2 aromatic heterocycles. The summed E-state index contributed by atoms with van der Waals surface area (Å²) in [6.45, 7) is 2.25. The zero-order valence-electron chi connectivity index (χ0n) is 12.7. The van der Waals surface area contributed by atoms with Crippen molar-refractivity contribution >= 4 is 16.7 Å². The van der Waals surface area contributed by atoms with Crippen molar-refractivity contribution in [1.29, 1.82) is 0 Å². The lowest BCUT2D eigenvalue weighted by molar-refractivity contribution is 0.542. The fourth-order valence-corrected chi connectivity index (χ4v) is 3.33. The topological polar surface area (TPSA) is 29.3 Å². The molecule has 0 unspecified atom stereocenters. The summed E-state index contributed by atoms with van der Waals surface area (Å²) in [6.07, 6.45) is 6.47. The second-order valence-corrected chi connectivity index (χ2v) is 5.92. The highest BCUT2D eigenvalue weighted by atomic mass is 16.3. The van der Waals surface area contributed by atoms with Crippen molar-refractivity contribution in [3.8, 4) is 0 Å². The van der Waals surface area contributed by atoms with E-state index in [4.69, 9.17) is 4.42 Å². The first-order valence-electron chi connectivity index (χ1n) is 8.07. The Kier molecular flexibility index (Phi) is 3.55. The molecular weight excluding hydrogens is 272 g/mol. The number of piperidine rings is 1. The third-order valence-corrected chi connectivity index (χ3v) is 4.38. The molecule has 1 saturated heterocycles. The molecule has 3 nitrogen and oxygen atoms in total. The SMILES string of the molecule is c1ccc(Cc2oc3ccccc3c2N2CCCCC2)nc1. The third-order valence-electron chi connectivity index (χ3n) is 4.38. The number of hydrogen-bond donors (Lipinski definition) is 0. The van der Waals surface area contributed by atoms with Crippen LogP contribution < -0.4 is 4.90 Å². The van der Waals surface area contributed by atoms with Crippen LogP contribution in [-0.4, -0.2) is 18.1 Å². The molecular formula is C19H20N2O. The number of nitrogens with zero attached hydrogens (tertiary/aromatic N) is 2. The van der Waals surface area contributed by atoms with E-state index in [1.165, 1.54) is 30.3 Å². The molecule has 3 heterocycles. The first-order valence-corrected chi connectivity index (χ1v) is 8.07. The molecule has 1 aliphatic rings. The van der Waals surface area contributed by atoms with E-state index in [9.17, 15) is 0 Å². The zero-order chi connectivity index (χ0) is 14.8. The summed E-state index contributed by atoms with van der Waals surface area (Å²) in [4.78, 5) is 6.95. The van der Waals surface area contributed by atoms with Crippen LogP contribution in [0.25, 0.3) is 11.0 Å². The lowest BCUT2D eigenvalue weighted by atomic mass is 10.1. The molecule has 0 aliphatic carbocycles. The van der Waals surface area contributed by atoms with Gasteiger partial charge in [0, 0.05) is 30.4 Å². The van der Waals surface area contributed by atoms with E-state index in [-0.39, 0.29) is 0 Å². The largest absolute Gasteiger partial charge is 0.458 e. The van der Waals surface area contributed by atoms with Crippen LogP contribution in [0.4, 0.5) is 5.69 Å². The van der Waals surface area contributed by atoms with E-state index in [1.807, 2.05) is 24.4 Å². The van der Waals surface area contributed by atoms with Crippen molar-refractivity contribution < 1.29 is 4.42 Å². The van der Waals surface area contributed by atoms with Crippen LogP contribution in [0.15, 0.2) is 53.1 Å². The summed E-state index contributed by atoms with van der Waals surface area (Å²) < 4.78 is 6.17. The van der Waals surface area contributed by atoms with E-state index >= 15 is 0 Å². The van der Waals surface area contributed by atoms with Crippen molar-refractivity contribution in [2.75, 3.05) is 18.0 Å². The van der Waals surface area contributed by atoms with Crippen LogP contribution in [-0.2, 0) is 6.42 Å². The van der Waals surface area contributed by atoms with E-state index in [1.54, 1.807) is 0 Å². The average Bonchev–Trinajstić information content (AvgIpc) is 2.94. The highest BCUT2D eigenvalue weighted by molar-refractivity contribution is 5.93. The van der Waals surface area contributed by atoms with Crippen LogP contribution in [0.2, 0.25) is 0 Å². The van der Waals surface area contributed by atoms with Gasteiger partial charge in [-0.1, -0.05) is 18.2 Å². The van der Waals surface area contributed by atoms with Crippen LogP contribution in [0.3, 0.4) is 0 Å². The Morgan fingerprint density at radius 1 is 0.955 bits per heavy atom. The van der Waals surface area contributed by atoms with Crippen molar-refractivity contribution in [3.63, 3.8) is 0 Å². The molecule has 3 heteroatoms. The fourth-order valence-electron chi connectivity index (χ4n) is 3.33. The summed E-state index contributed by atoms with van der Waals surface area (Å²) in [5, 5.41) is 1.23. The second kappa shape index (κ2) is 5.84. The van der Waals surface area contributed by atoms with Gasteiger partial charge in [-0.05, 0) is 43.5 Å². The van der Waals surface area contributed by atoms with Gasteiger partial charge in [0.1, 0.15) is 11.3 Å². The maximum Gasteiger partial charge on any atom is 0.136 e. The van der Waals surface area contributed by atoms with Crippen molar-refractivity contribution in [2.45, 2.75) is 25.7 Å². The van der Waals surface area contributed by atoms with E-state index in [0.29, 0.717) is 0 Å². The van der Waals surface area contributed by atoms with Gasteiger partial charge in [0.25, 0.3) is 0 Å². The van der Waals surface area contributed by atoms with E-state index < -0.39 is 0 Å². The standard InChI is InChI=1S/C19H20N2O/c1-6-12-21(13-7-1)19-16-9-2-3-10-17(16)22-18(19)14-15-8-4-5-11-20-15/h2-5,8-11H,1,6-7,12-14H2. The molecule has 0 radical (unpaired) electrons. The van der Waals surface area contributed by atoms with Gasteiger partial charge >= 0.3 is 0 Å². The fraction of sp³-hybridized carbons (Fsp3) is 0.316. The number of fused-ring (bicyclic) bond motifs is 1. The minimum absolute atomic E-state index is 0.751. The molecule has 0 amide bonds. The van der Waals surface area contributed by atoms with Gasteiger partial charge in [-0.2, -0.15) is 0 Å². The average molecular weight is 292 g/mol. The molecule has 1 aliphatic heterocycles. The molecule has 0 saturated carbocycles. The van der Waals surface area contributed by atoms with E-state index in [0.717, 1.165) is 36.5 Å². The number of hydrogen-bond acceptors (Lipinski definition) is 3. The van der Waals surface area contributed by atoms with Gasteiger partial charge in [-0.3, -0.25) is 4.98 Å². The summed E-state index contributed by atoms with van der Waals surface area (Å²) in [6, 6.07) is 14.4. The summed E-state index contributed by atoms with van der Waals surface area (Å²) in [5.41, 5.74) is 3.31. The molecule has 0 spiro atoms. The molecule has 0 bridgehead atoms. The predicted molar refractivity (Wildman–Crippen MR) is 89.3 cm³/mol. The first kappa shape index (κ1) is 13.4. The van der Waals surface area contributed by atoms with Crippen molar-refractivity contribution in [2.24, 2.45) is 0 Å². The molecule has 1 aromatic carbocycles. The molecule has 0 atom stereocenters. The van der Waals surface area contributed by atoms with Gasteiger partial charge in [0.2, 0.25) is 0 Å². The highest BCUT2D eigenvalue weighted by Crippen LogP contribution is 2.36.